The fourth-order valence-electron chi connectivity index (χ4n) is 2.19. The van der Waals surface area contributed by atoms with Gasteiger partial charge >= 0.3 is 5.97 Å². The minimum atomic E-state index is -0.579. The van der Waals surface area contributed by atoms with Crippen LogP contribution in [0, 0.1) is 0 Å². The van der Waals surface area contributed by atoms with Crippen LogP contribution >= 0.6 is 15.9 Å². The van der Waals surface area contributed by atoms with E-state index in [4.69, 9.17) is 23.7 Å². The van der Waals surface area contributed by atoms with Gasteiger partial charge < -0.3 is 23.7 Å². The molecule has 0 saturated carbocycles. The Kier molecular flexibility index (Phi) is 6.52. The number of esters is 1. The molecule has 0 N–H and O–H groups in total. The Morgan fingerprint density at radius 2 is 1.56 bits per heavy atom. The lowest BCUT2D eigenvalue weighted by Crippen LogP contribution is -2.11. The maximum Gasteiger partial charge on any atom is 0.343 e. The quantitative estimate of drug-likeness (QED) is 0.505. The van der Waals surface area contributed by atoms with Crippen LogP contribution in [0.4, 0.5) is 0 Å². The first-order valence-electron chi connectivity index (χ1n) is 7.49. The molecule has 0 bridgehead atoms. The third-order valence-electron chi connectivity index (χ3n) is 3.33. The van der Waals surface area contributed by atoms with Crippen LogP contribution in [0.1, 0.15) is 17.3 Å². The predicted octanol–water partition coefficient (Wildman–Crippen LogP) is 4.09. The molecule has 2 aromatic carbocycles. The number of hydrogen-bond acceptors (Lipinski definition) is 6. The van der Waals surface area contributed by atoms with Gasteiger partial charge in [-0.2, -0.15) is 0 Å². The van der Waals surface area contributed by atoms with Gasteiger partial charge in [0, 0.05) is 0 Å². The van der Waals surface area contributed by atoms with Gasteiger partial charge in [-0.1, -0.05) is 6.07 Å². The zero-order chi connectivity index (χ0) is 18.4. The highest BCUT2D eigenvalue weighted by atomic mass is 79.9. The molecule has 0 atom stereocenters. The van der Waals surface area contributed by atoms with E-state index in [9.17, 15) is 4.79 Å². The maximum atomic E-state index is 12.6. The van der Waals surface area contributed by atoms with Crippen molar-refractivity contribution in [3.8, 4) is 28.7 Å². The fraction of sp³-hybridized carbons (Fsp3) is 0.278. The van der Waals surface area contributed by atoms with Gasteiger partial charge in [-0.15, -0.1) is 0 Å². The van der Waals surface area contributed by atoms with Gasteiger partial charge in [0.05, 0.1) is 38.0 Å². The van der Waals surface area contributed by atoms with Crippen LogP contribution in [0.3, 0.4) is 0 Å². The van der Waals surface area contributed by atoms with E-state index in [-0.39, 0.29) is 5.75 Å². The van der Waals surface area contributed by atoms with Crippen LogP contribution in [0.25, 0.3) is 0 Å². The van der Waals surface area contributed by atoms with Crippen molar-refractivity contribution in [3.63, 3.8) is 0 Å². The van der Waals surface area contributed by atoms with Gasteiger partial charge in [0.15, 0.2) is 23.0 Å². The van der Waals surface area contributed by atoms with Gasteiger partial charge in [-0.25, -0.2) is 4.79 Å². The van der Waals surface area contributed by atoms with Crippen molar-refractivity contribution in [1.29, 1.82) is 0 Å². The van der Waals surface area contributed by atoms with Crippen LogP contribution in [0.15, 0.2) is 34.8 Å². The molecule has 2 rings (SSSR count). The second-order valence-electron chi connectivity index (χ2n) is 4.80. The molecule has 2 aromatic rings. The summed E-state index contributed by atoms with van der Waals surface area (Å²) in [7, 11) is 4.48. The minimum Gasteiger partial charge on any atom is -0.493 e. The highest BCUT2D eigenvalue weighted by Gasteiger charge is 2.20. The lowest BCUT2D eigenvalue weighted by atomic mass is 10.2. The lowest BCUT2D eigenvalue weighted by molar-refractivity contribution is 0.0723. The van der Waals surface area contributed by atoms with Gasteiger partial charge in [0.1, 0.15) is 0 Å². The Hall–Kier alpha value is -2.41. The van der Waals surface area contributed by atoms with Crippen molar-refractivity contribution < 1.29 is 28.5 Å². The van der Waals surface area contributed by atoms with E-state index in [1.54, 1.807) is 30.3 Å². The Bertz CT molecular complexity index is 737. The molecule has 0 spiro atoms. The second kappa shape index (κ2) is 8.62. The average molecular weight is 411 g/mol. The highest BCUT2D eigenvalue weighted by Crippen LogP contribution is 2.39. The Balaban J connectivity index is 2.38. The Labute approximate surface area is 154 Å². The molecule has 0 aromatic heterocycles. The largest absolute Gasteiger partial charge is 0.493 e. The van der Waals surface area contributed by atoms with Crippen LogP contribution in [-0.4, -0.2) is 33.9 Å². The Morgan fingerprint density at radius 3 is 2.08 bits per heavy atom. The van der Waals surface area contributed by atoms with Crippen molar-refractivity contribution in [3.05, 3.63) is 40.4 Å². The van der Waals surface area contributed by atoms with Gasteiger partial charge in [-0.05, 0) is 47.1 Å². The van der Waals surface area contributed by atoms with E-state index >= 15 is 0 Å². The van der Waals surface area contributed by atoms with Crippen molar-refractivity contribution in [2.24, 2.45) is 0 Å². The normalized spacial score (nSPS) is 10.1. The van der Waals surface area contributed by atoms with E-state index in [2.05, 4.69) is 15.9 Å². The summed E-state index contributed by atoms with van der Waals surface area (Å²) in [4.78, 5) is 12.6. The molecule has 7 heteroatoms. The van der Waals surface area contributed by atoms with E-state index in [1.807, 2.05) is 6.92 Å². The summed E-state index contributed by atoms with van der Waals surface area (Å²) in [6, 6.07) is 8.27. The predicted molar refractivity (Wildman–Crippen MR) is 96.4 cm³/mol. The van der Waals surface area contributed by atoms with Crippen molar-refractivity contribution in [2.45, 2.75) is 6.92 Å². The number of ether oxygens (including phenoxy) is 5. The summed E-state index contributed by atoms with van der Waals surface area (Å²) in [6.07, 6.45) is 0. The van der Waals surface area contributed by atoms with E-state index < -0.39 is 5.97 Å². The second-order valence-corrected chi connectivity index (χ2v) is 5.66. The smallest absolute Gasteiger partial charge is 0.343 e. The van der Waals surface area contributed by atoms with Crippen molar-refractivity contribution >= 4 is 21.9 Å². The third-order valence-corrected chi connectivity index (χ3v) is 3.92. The molecule has 0 aliphatic carbocycles. The first-order chi connectivity index (χ1) is 12.0. The zero-order valence-corrected chi connectivity index (χ0v) is 16.0. The topological polar surface area (TPSA) is 63.2 Å². The standard InChI is InChI=1S/C18H19BrO6/c1-5-24-16-12(19)9-11(10-15(16)23-4)18(20)25-17-13(21-2)7-6-8-14(17)22-3/h6-10H,5H2,1-4H3. The van der Waals surface area contributed by atoms with Gasteiger partial charge in [-0.3, -0.25) is 0 Å². The monoisotopic (exact) mass is 410 g/mol. The summed E-state index contributed by atoms with van der Waals surface area (Å²) in [5.74, 6) is 1.37. The molecule has 0 amide bonds. The maximum absolute atomic E-state index is 12.6. The van der Waals surface area contributed by atoms with E-state index in [0.717, 1.165) is 0 Å². The van der Waals surface area contributed by atoms with E-state index in [1.165, 1.54) is 21.3 Å². The molecule has 0 radical (unpaired) electrons. The van der Waals surface area contributed by atoms with E-state index in [0.29, 0.717) is 39.6 Å². The molecule has 0 saturated heterocycles. The van der Waals surface area contributed by atoms with Crippen LogP contribution < -0.4 is 23.7 Å². The molecule has 0 aliphatic heterocycles. The van der Waals surface area contributed by atoms with Crippen LogP contribution in [0.2, 0.25) is 0 Å². The van der Waals surface area contributed by atoms with Gasteiger partial charge in [0.25, 0.3) is 0 Å². The first kappa shape index (κ1) is 18.9. The first-order valence-corrected chi connectivity index (χ1v) is 8.28. The number of benzene rings is 2. The number of rotatable bonds is 7. The number of para-hydroxylation sites is 1. The summed E-state index contributed by atoms with van der Waals surface area (Å²) in [5, 5.41) is 0. The summed E-state index contributed by atoms with van der Waals surface area (Å²) < 4.78 is 27.4. The molecular weight excluding hydrogens is 392 g/mol. The third kappa shape index (κ3) is 4.17. The number of methoxy groups -OCH3 is 3. The van der Waals surface area contributed by atoms with Crippen LogP contribution in [0.5, 0.6) is 28.7 Å². The number of halogens is 1. The SMILES string of the molecule is CCOc1c(Br)cc(C(=O)Oc2c(OC)cccc2OC)cc1OC. The summed E-state index contributed by atoms with van der Waals surface area (Å²) in [6.45, 7) is 2.33. The van der Waals surface area contributed by atoms with Gasteiger partial charge in [0.2, 0.25) is 5.75 Å². The average Bonchev–Trinajstić information content (AvgIpc) is 2.63. The molecule has 0 aliphatic rings. The molecule has 6 nitrogen and oxygen atoms in total. The molecular formula is C18H19BrO6. The van der Waals surface area contributed by atoms with Crippen LogP contribution in [-0.2, 0) is 0 Å². The fourth-order valence-corrected chi connectivity index (χ4v) is 2.75. The highest BCUT2D eigenvalue weighted by molar-refractivity contribution is 9.10. The zero-order valence-electron chi connectivity index (χ0n) is 14.4. The molecule has 0 fully saturated rings. The number of carbonyl (C=O) groups is 1. The summed E-state index contributed by atoms with van der Waals surface area (Å²) in [5.41, 5.74) is 0.292. The molecule has 0 unspecified atom stereocenters. The molecule has 0 heterocycles. The Morgan fingerprint density at radius 1 is 0.960 bits per heavy atom. The molecule has 25 heavy (non-hydrogen) atoms. The minimum absolute atomic E-state index is 0.210. The summed E-state index contributed by atoms with van der Waals surface area (Å²) >= 11 is 3.39. The number of hydrogen-bond donors (Lipinski definition) is 0. The molecule has 134 valence electrons. The lowest BCUT2D eigenvalue weighted by Gasteiger charge is -2.15. The van der Waals surface area contributed by atoms with Crippen molar-refractivity contribution in [1.82, 2.24) is 0 Å². The van der Waals surface area contributed by atoms with Crippen molar-refractivity contribution in [2.75, 3.05) is 27.9 Å². The number of carbonyl (C=O) groups excluding carboxylic acids is 1.